The normalized spacial score (nSPS) is 13.2. The molecule has 0 bridgehead atoms. The number of halogens is 9. The highest BCUT2D eigenvalue weighted by atomic mass is 32.2. The molecule has 0 spiro atoms. The molecule has 0 saturated carbocycles. The molecule has 21 heteroatoms. The second-order valence-electron chi connectivity index (χ2n) is 9.32. The van der Waals surface area contributed by atoms with Gasteiger partial charge in [-0.15, -0.1) is 0 Å². The largest absolute Gasteiger partial charge is 0.534 e. The van der Waals surface area contributed by atoms with Gasteiger partial charge in [0.1, 0.15) is 17.2 Å². The molecule has 0 saturated heterocycles. The van der Waals surface area contributed by atoms with Crippen LogP contribution in [0.3, 0.4) is 0 Å². The molecule has 9 nitrogen and oxygen atoms in total. The zero-order valence-corrected chi connectivity index (χ0v) is 25.4. The van der Waals surface area contributed by atoms with Crippen molar-refractivity contribution in [1.29, 1.82) is 0 Å². The second kappa shape index (κ2) is 12.5. The van der Waals surface area contributed by atoms with Gasteiger partial charge in [0, 0.05) is 0 Å². The van der Waals surface area contributed by atoms with Crippen molar-refractivity contribution in [2.24, 2.45) is 0 Å². The van der Waals surface area contributed by atoms with Crippen LogP contribution in [0.25, 0.3) is 33.4 Å². The third-order valence-electron chi connectivity index (χ3n) is 5.96. The predicted molar refractivity (Wildman–Crippen MR) is 150 cm³/mol. The highest BCUT2D eigenvalue weighted by Crippen LogP contribution is 2.36. The summed E-state index contributed by atoms with van der Waals surface area (Å²) in [6.45, 7) is 0. The van der Waals surface area contributed by atoms with E-state index in [1.807, 2.05) is 0 Å². The van der Waals surface area contributed by atoms with Crippen LogP contribution in [-0.4, -0.2) is 41.8 Å². The molecule has 0 atom stereocenters. The molecule has 48 heavy (non-hydrogen) atoms. The fraction of sp³-hybridized carbons (Fsp3) is 0.111. The standard InChI is InChI=1S/C27H15F9O9S3/c28-25(29,30)46(37,38)43-22-7-1-16(2-8-22)19-13-20(17-3-9-23(10-4-17)44-47(39,40)26(31,32)33)15-21(14-19)18-5-11-24(12-6-18)45-48(41,42)27(34,35)36/h1-15H. The van der Waals surface area contributed by atoms with Crippen LogP contribution in [0.1, 0.15) is 0 Å². The number of benzene rings is 4. The number of hydrogen-bond donors (Lipinski definition) is 0. The molecule has 0 heterocycles. The Labute approximate surface area is 265 Å². The summed E-state index contributed by atoms with van der Waals surface area (Å²) in [6.07, 6.45) is 0. The van der Waals surface area contributed by atoms with Gasteiger partial charge in [0.15, 0.2) is 0 Å². The Hall–Kier alpha value is -4.50. The van der Waals surface area contributed by atoms with Crippen LogP contribution in [0.5, 0.6) is 17.2 Å². The first-order valence-corrected chi connectivity index (χ1v) is 16.6. The smallest absolute Gasteiger partial charge is 0.376 e. The summed E-state index contributed by atoms with van der Waals surface area (Å²) >= 11 is 0. The number of alkyl halides is 9. The maximum Gasteiger partial charge on any atom is 0.534 e. The van der Waals surface area contributed by atoms with Crippen LogP contribution in [0.15, 0.2) is 91.0 Å². The zero-order chi connectivity index (χ0) is 35.9. The minimum Gasteiger partial charge on any atom is -0.376 e. The molecule has 0 unspecified atom stereocenters. The molecule has 4 aromatic carbocycles. The topological polar surface area (TPSA) is 130 Å². The van der Waals surface area contributed by atoms with Crippen molar-refractivity contribution in [3.05, 3.63) is 91.0 Å². The van der Waals surface area contributed by atoms with Crippen LogP contribution in [-0.2, 0) is 30.4 Å². The monoisotopic (exact) mass is 750 g/mol. The molecule has 0 amide bonds. The average Bonchev–Trinajstić information content (AvgIpc) is 2.96. The van der Waals surface area contributed by atoms with Crippen LogP contribution >= 0.6 is 0 Å². The third kappa shape index (κ3) is 8.13. The van der Waals surface area contributed by atoms with E-state index in [9.17, 15) is 64.8 Å². The Kier molecular flexibility index (Phi) is 9.47. The Morgan fingerprint density at radius 2 is 0.521 bits per heavy atom. The van der Waals surface area contributed by atoms with E-state index < -0.39 is 64.1 Å². The summed E-state index contributed by atoms with van der Waals surface area (Å²) in [4.78, 5) is 0. The first-order valence-electron chi connectivity index (χ1n) is 12.4. The lowest BCUT2D eigenvalue weighted by atomic mass is 9.93. The van der Waals surface area contributed by atoms with Crippen molar-refractivity contribution in [3.8, 4) is 50.6 Å². The SMILES string of the molecule is O=S(=O)(Oc1ccc(-c2cc(-c3ccc(OS(=O)(=O)C(F)(F)F)cc3)cc(-c3ccc(OS(=O)(=O)C(F)(F)F)cc3)c2)cc1)C(F)(F)F. The minimum absolute atomic E-state index is 0.252. The lowest BCUT2D eigenvalue weighted by Crippen LogP contribution is -2.28. The first kappa shape index (κ1) is 36.3. The van der Waals surface area contributed by atoms with Gasteiger partial charge >= 0.3 is 46.9 Å². The highest BCUT2D eigenvalue weighted by molar-refractivity contribution is 7.88. The average molecular weight is 751 g/mol. The maximum atomic E-state index is 12.7. The highest BCUT2D eigenvalue weighted by Gasteiger charge is 2.50. The van der Waals surface area contributed by atoms with Crippen LogP contribution in [0.4, 0.5) is 39.5 Å². The Morgan fingerprint density at radius 1 is 0.333 bits per heavy atom. The molecule has 258 valence electrons. The van der Waals surface area contributed by atoms with Crippen LogP contribution in [0, 0.1) is 0 Å². The molecule has 0 N–H and O–H groups in total. The van der Waals surface area contributed by atoms with Gasteiger partial charge in [0.25, 0.3) is 0 Å². The van der Waals surface area contributed by atoms with Crippen molar-refractivity contribution in [2.75, 3.05) is 0 Å². The maximum absolute atomic E-state index is 12.7. The van der Waals surface area contributed by atoms with Gasteiger partial charge in [0.2, 0.25) is 0 Å². The number of rotatable bonds is 9. The van der Waals surface area contributed by atoms with E-state index in [1.165, 1.54) is 54.6 Å². The van der Waals surface area contributed by atoms with Gasteiger partial charge in [-0.1, -0.05) is 36.4 Å². The predicted octanol–water partition coefficient (Wildman–Crippen LogP) is 7.37. The van der Waals surface area contributed by atoms with E-state index in [0.717, 1.165) is 36.4 Å². The molecule has 0 aliphatic carbocycles. The lowest BCUT2D eigenvalue weighted by molar-refractivity contribution is -0.0504. The fourth-order valence-corrected chi connectivity index (χ4v) is 5.14. The molecular formula is C27H15F9O9S3. The van der Waals surface area contributed by atoms with E-state index in [0.29, 0.717) is 0 Å². The molecule has 0 radical (unpaired) electrons. The summed E-state index contributed by atoms with van der Waals surface area (Å²) < 4.78 is 195. The Bertz CT molecular complexity index is 1870. The zero-order valence-electron chi connectivity index (χ0n) is 23.0. The molecule has 0 fully saturated rings. The fourth-order valence-electron chi connectivity index (χ4n) is 3.76. The summed E-state index contributed by atoms with van der Waals surface area (Å²) in [5.41, 5.74) is -15.5. The van der Waals surface area contributed by atoms with Crippen molar-refractivity contribution in [1.82, 2.24) is 0 Å². The van der Waals surface area contributed by atoms with Gasteiger partial charge in [-0.25, -0.2) is 0 Å². The van der Waals surface area contributed by atoms with E-state index in [1.54, 1.807) is 0 Å². The van der Waals surface area contributed by atoms with Crippen molar-refractivity contribution < 1.29 is 77.3 Å². The van der Waals surface area contributed by atoms with Gasteiger partial charge in [-0.3, -0.25) is 0 Å². The van der Waals surface area contributed by atoms with Crippen molar-refractivity contribution in [2.45, 2.75) is 16.5 Å². The second-order valence-corrected chi connectivity index (χ2v) is 13.9. The quantitative estimate of drug-likeness (QED) is 0.0978. The van der Waals surface area contributed by atoms with Crippen LogP contribution in [0.2, 0.25) is 0 Å². The Balaban J connectivity index is 1.75. The number of hydrogen-bond acceptors (Lipinski definition) is 9. The Morgan fingerprint density at radius 3 is 0.688 bits per heavy atom. The van der Waals surface area contributed by atoms with Gasteiger partial charge in [-0.05, 0) is 88.0 Å². The molecule has 4 aromatic rings. The summed E-state index contributed by atoms with van der Waals surface area (Å²) in [6, 6.07) is 17.0. The summed E-state index contributed by atoms with van der Waals surface area (Å²) in [5.74, 6) is -2.08. The molecule has 4 rings (SSSR count). The third-order valence-corrected chi connectivity index (χ3v) is 8.90. The van der Waals surface area contributed by atoms with Gasteiger partial charge in [-0.2, -0.15) is 64.8 Å². The first-order chi connectivity index (χ1) is 21.9. The molecule has 0 aliphatic rings. The summed E-state index contributed by atoms with van der Waals surface area (Å²) in [5, 5.41) is 0. The van der Waals surface area contributed by atoms with E-state index in [-0.39, 0.29) is 33.4 Å². The lowest BCUT2D eigenvalue weighted by Gasteiger charge is -2.14. The van der Waals surface area contributed by atoms with E-state index in [4.69, 9.17) is 0 Å². The van der Waals surface area contributed by atoms with Gasteiger partial charge in [0.05, 0.1) is 0 Å². The van der Waals surface area contributed by atoms with Crippen molar-refractivity contribution >= 4 is 30.4 Å². The van der Waals surface area contributed by atoms with Crippen LogP contribution < -0.4 is 12.5 Å². The van der Waals surface area contributed by atoms with E-state index >= 15 is 0 Å². The van der Waals surface area contributed by atoms with Crippen molar-refractivity contribution in [3.63, 3.8) is 0 Å². The minimum atomic E-state index is -5.98. The molecular weight excluding hydrogens is 735 g/mol. The molecule has 0 aliphatic heterocycles. The summed E-state index contributed by atoms with van der Waals surface area (Å²) in [7, 11) is -17.9. The molecule has 0 aromatic heterocycles. The van der Waals surface area contributed by atoms with Gasteiger partial charge < -0.3 is 12.5 Å². The van der Waals surface area contributed by atoms with E-state index in [2.05, 4.69) is 12.5 Å².